The lowest BCUT2D eigenvalue weighted by atomic mass is 10.0. The summed E-state index contributed by atoms with van der Waals surface area (Å²) in [6.07, 6.45) is 4.23. The van der Waals surface area contributed by atoms with Crippen LogP contribution >= 0.6 is 0 Å². The SMILES string of the molecule is C=CCc1cccc(O)c1C=C. The van der Waals surface area contributed by atoms with Gasteiger partial charge in [0.2, 0.25) is 0 Å². The van der Waals surface area contributed by atoms with Crippen LogP contribution in [0.15, 0.2) is 37.4 Å². The first-order valence-corrected chi connectivity index (χ1v) is 3.83. The van der Waals surface area contributed by atoms with Crippen LogP contribution in [0.25, 0.3) is 6.08 Å². The summed E-state index contributed by atoms with van der Waals surface area (Å²) in [4.78, 5) is 0. The van der Waals surface area contributed by atoms with Crippen LogP contribution in [0.1, 0.15) is 11.1 Å². The molecule has 0 bridgehead atoms. The second-order valence-corrected chi connectivity index (χ2v) is 2.55. The Labute approximate surface area is 72.7 Å². The van der Waals surface area contributed by atoms with E-state index in [4.69, 9.17) is 0 Å². The van der Waals surface area contributed by atoms with Crippen LogP contribution in [0.2, 0.25) is 0 Å². The number of rotatable bonds is 3. The Morgan fingerprint density at radius 1 is 1.33 bits per heavy atom. The third kappa shape index (κ3) is 1.56. The minimum atomic E-state index is 0.282. The molecular weight excluding hydrogens is 148 g/mol. The number of aromatic hydroxyl groups is 1. The van der Waals surface area contributed by atoms with E-state index in [0.29, 0.717) is 0 Å². The molecule has 1 aromatic carbocycles. The molecule has 1 rings (SSSR count). The molecule has 1 heteroatoms. The van der Waals surface area contributed by atoms with E-state index in [1.54, 1.807) is 12.1 Å². The molecule has 62 valence electrons. The van der Waals surface area contributed by atoms with E-state index in [1.807, 2.05) is 18.2 Å². The molecule has 0 saturated heterocycles. The maximum atomic E-state index is 9.41. The summed E-state index contributed by atoms with van der Waals surface area (Å²) in [6, 6.07) is 5.43. The van der Waals surface area contributed by atoms with Crippen molar-refractivity contribution in [2.24, 2.45) is 0 Å². The smallest absolute Gasteiger partial charge is 0.123 e. The minimum absolute atomic E-state index is 0.282. The third-order valence-corrected chi connectivity index (χ3v) is 1.74. The van der Waals surface area contributed by atoms with E-state index in [-0.39, 0.29) is 5.75 Å². The molecule has 0 radical (unpaired) electrons. The summed E-state index contributed by atoms with van der Waals surface area (Å²) in [6.45, 7) is 7.29. The highest BCUT2D eigenvalue weighted by Gasteiger charge is 2.01. The van der Waals surface area contributed by atoms with Crippen molar-refractivity contribution in [1.82, 2.24) is 0 Å². The van der Waals surface area contributed by atoms with Gasteiger partial charge in [-0.2, -0.15) is 0 Å². The molecule has 12 heavy (non-hydrogen) atoms. The molecule has 0 aliphatic rings. The average molecular weight is 160 g/mol. The highest BCUT2D eigenvalue weighted by molar-refractivity contribution is 5.59. The van der Waals surface area contributed by atoms with Gasteiger partial charge in [-0.25, -0.2) is 0 Å². The van der Waals surface area contributed by atoms with Crippen molar-refractivity contribution in [2.75, 3.05) is 0 Å². The Morgan fingerprint density at radius 2 is 2.08 bits per heavy atom. The van der Waals surface area contributed by atoms with Gasteiger partial charge in [-0.05, 0) is 18.1 Å². The monoisotopic (exact) mass is 160 g/mol. The lowest BCUT2D eigenvalue weighted by molar-refractivity contribution is 0.473. The van der Waals surface area contributed by atoms with Crippen molar-refractivity contribution in [3.05, 3.63) is 48.6 Å². The molecule has 0 unspecified atom stereocenters. The quantitative estimate of drug-likeness (QED) is 0.674. The Bertz CT molecular complexity index is 300. The summed E-state index contributed by atoms with van der Waals surface area (Å²) in [5.74, 6) is 0.282. The second kappa shape index (κ2) is 3.77. The van der Waals surface area contributed by atoms with Crippen LogP contribution in [-0.2, 0) is 6.42 Å². The fourth-order valence-corrected chi connectivity index (χ4v) is 1.17. The van der Waals surface area contributed by atoms with Crippen molar-refractivity contribution in [1.29, 1.82) is 0 Å². The van der Waals surface area contributed by atoms with Gasteiger partial charge in [0.15, 0.2) is 0 Å². The predicted octanol–water partition coefficient (Wildman–Crippen LogP) is 2.76. The Kier molecular flexibility index (Phi) is 2.70. The van der Waals surface area contributed by atoms with Crippen molar-refractivity contribution in [3.8, 4) is 5.75 Å². The van der Waals surface area contributed by atoms with Gasteiger partial charge in [0.25, 0.3) is 0 Å². The fourth-order valence-electron chi connectivity index (χ4n) is 1.17. The summed E-state index contributed by atoms with van der Waals surface area (Å²) >= 11 is 0. The minimum Gasteiger partial charge on any atom is -0.507 e. The van der Waals surface area contributed by atoms with Crippen molar-refractivity contribution < 1.29 is 5.11 Å². The zero-order valence-corrected chi connectivity index (χ0v) is 6.96. The number of phenolic OH excluding ortho intramolecular Hbond substituents is 1. The molecule has 0 atom stereocenters. The van der Waals surface area contributed by atoms with E-state index in [9.17, 15) is 5.11 Å². The van der Waals surface area contributed by atoms with Crippen LogP contribution in [0.4, 0.5) is 0 Å². The topological polar surface area (TPSA) is 20.2 Å². The maximum absolute atomic E-state index is 9.41. The van der Waals surface area contributed by atoms with Crippen LogP contribution in [0.5, 0.6) is 5.75 Å². The van der Waals surface area contributed by atoms with Gasteiger partial charge < -0.3 is 5.11 Å². The fraction of sp³-hybridized carbons (Fsp3) is 0.0909. The standard InChI is InChI=1S/C11H12O/c1-3-6-9-7-5-8-11(12)10(9)4-2/h3-5,7-8,12H,1-2,6H2. The molecule has 0 heterocycles. The number of phenols is 1. The average Bonchev–Trinajstić information content (AvgIpc) is 2.05. The highest BCUT2D eigenvalue weighted by Crippen LogP contribution is 2.22. The number of allylic oxidation sites excluding steroid dienone is 1. The normalized spacial score (nSPS) is 9.33. The number of benzene rings is 1. The first kappa shape index (κ1) is 8.60. The summed E-state index contributed by atoms with van der Waals surface area (Å²) in [7, 11) is 0. The predicted molar refractivity (Wildman–Crippen MR) is 52.1 cm³/mol. The van der Waals surface area contributed by atoms with Gasteiger partial charge in [-0.1, -0.05) is 30.9 Å². The molecule has 0 fully saturated rings. The van der Waals surface area contributed by atoms with Gasteiger partial charge in [0, 0.05) is 5.56 Å². The van der Waals surface area contributed by atoms with Gasteiger partial charge in [0.05, 0.1) is 0 Å². The molecule has 0 aliphatic heterocycles. The lowest BCUT2D eigenvalue weighted by Crippen LogP contribution is -1.86. The van der Waals surface area contributed by atoms with E-state index in [1.165, 1.54) is 0 Å². The van der Waals surface area contributed by atoms with E-state index < -0.39 is 0 Å². The largest absolute Gasteiger partial charge is 0.507 e. The molecule has 0 aliphatic carbocycles. The van der Waals surface area contributed by atoms with E-state index in [0.717, 1.165) is 17.5 Å². The summed E-state index contributed by atoms with van der Waals surface area (Å²) in [5.41, 5.74) is 1.86. The van der Waals surface area contributed by atoms with Gasteiger partial charge >= 0.3 is 0 Å². The number of hydrogen-bond acceptors (Lipinski definition) is 1. The van der Waals surface area contributed by atoms with E-state index in [2.05, 4.69) is 13.2 Å². The zero-order chi connectivity index (χ0) is 8.97. The van der Waals surface area contributed by atoms with Gasteiger partial charge in [0.1, 0.15) is 5.75 Å². The van der Waals surface area contributed by atoms with Gasteiger partial charge in [-0.3, -0.25) is 0 Å². The molecule has 0 amide bonds. The molecular formula is C11H12O. The second-order valence-electron chi connectivity index (χ2n) is 2.55. The van der Waals surface area contributed by atoms with Crippen LogP contribution < -0.4 is 0 Å². The zero-order valence-electron chi connectivity index (χ0n) is 6.96. The van der Waals surface area contributed by atoms with Crippen molar-refractivity contribution in [3.63, 3.8) is 0 Å². The number of hydrogen-bond donors (Lipinski definition) is 1. The molecule has 0 spiro atoms. The van der Waals surface area contributed by atoms with Crippen molar-refractivity contribution >= 4 is 6.08 Å². The Balaban J connectivity index is 3.17. The molecule has 1 nitrogen and oxygen atoms in total. The van der Waals surface area contributed by atoms with Crippen LogP contribution in [0, 0.1) is 0 Å². The lowest BCUT2D eigenvalue weighted by Gasteiger charge is -2.04. The molecule has 0 saturated carbocycles. The highest BCUT2D eigenvalue weighted by atomic mass is 16.3. The van der Waals surface area contributed by atoms with Crippen LogP contribution in [0.3, 0.4) is 0 Å². The van der Waals surface area contributed by atoms with E-state index >= 15 is 0 Å². The molecule has 1 N–H and O–H groups in total. The first-order chi connectivity index (χ1) is 5.79. The third-order valence-electron chi connectivity index (χ3n) is 1.74. The van der Waals surface area contributed by atoms with Gasteiger partial charge in [-0.15, -0.1) is 6.58 Å². The first-order valence-electron chi connectivity index (χ1n) is 3.83. The van der Waals surface area contributed by atoms with Crippen molar-refractivity contribution in [2.45, 2.75) is 6.42 Å². The maximum Gasteiger partial charge on any atom is 0.123 e. The molecule has 0 aromatic heterocycles. The molecule has 1 aromatic rings. The Hall–Kier alpha value is -1.50. The Morgan fingerprint density at radius 3 is 2.67 bits per heavy atom. The summed E-state index contributed by atoms with van der Waals surface area (Å²) in [5, 5.41) is 9.41. The van der Waals surface area contributed by atoms with Crippen LogP contribution in [-0.4, -0.2) is 5.11 Å². The summed E-state index contributed by atoms with van der Waals surface area (Å²) < 4.78 is 0.